The number of methoxy groups -OCH3 is 2. The molecular formula is C38H32ClN3O5S. The van der Waals surface area contributed by atoms with E-state index in [9.17, 15) is 14.4 Å². The van der Waals surface area contributed by atoms with Gasteiger partial charge in [-0.05, 0) is 83.9 Å². The van der Waals surface area contributed by atoms with Crippen LogP contribution in [0.4, 0.5) is 11.4 Å². The molecule has 10 heteroatoms. The Labute approximate surface area is 288 Å². The maximum Gasteiger partial charge on any atom is 0.272 e. The van der Waals surface area contributed by atoms with E-state index in [2.05, 4.69) is 16.0 Å². The molecule has 1 atom stereocenters. The van der Waals surface area contributed by atoms with Crippen molar-refractivity contribution < 1.29 is 23.9 Å². The van der Waals surface area contributed by atoms with E-state index in [0.29, 0.717) is 39.0 Å². The van der Waals surface area contributed by atoms with Crippen molar-refractivity contribution in [2.75, 3.05) is 24.9 Å². The van der Waals surface area contributed by atoms with Crippen molar-refractivity contribution in [3.63, 3.8) is 0 Å². The van der Waals surface area contributed by atoms with Crippen LogP contribution in [0.25, 0.3) is 6.08 Å². The van der Waals surface area contributed by atoms with Gasteiger partial charge in [-0.1, -0.05) is 72.3 Å². The number of carbonyl (C=O) groups is 3. The van der Waals surface area contributed by atoms with Crippen LogP contribution in [0.2, 0.25) is 5.02 Å². The molecule has 5 rings (SSSR count). The first-order valence-corrected chi connectivity index (χ1v) is 16.1. The van der Waals surface area contributed by atoms with E-state index in [0.717, 1.165) is 10.5 Å². The summed E-state index contributed by atoms with van der Waals surface area (Å²) in [6.45, 7) is 0. The smallest absolute Gasteiger partial charge is 0.272 e. The monoisotopic (exact) mass is 677 g/mol. The summed E-state index contributed by atoms with van der Waals surface area (Å²) in [7, 11) is 3.08. The molecule has 8 nitrogen and oxygen atoms in total. The number of ether oxygens (including phenoxy) is 2. The Morgan fingerprint density at radius 3 is 2.15 bits per heavy atom. The van der Waals surface area contributed by atoms with Crippen molar-refractivity contribution in [3.05, 3.63) is 155 Å². The zero-order valence-corrected chi connectivity index (χ0v) is 27.7. The van der Waals surface area contributed by atoms with Crippen molar-refractivity contribution in [1.29, 1.82) is 0 Å². The van der Waals surface area contributed by atoms with Crippen LogP contribution in [0.1, 0.15) is 26.7 Å². The molecule has 0 saturated carbocycles. The molecule has 5 aromatic rings. The number of benzene rings is 5. The van der Waals surface area contributed by atoms with Crippen LogP contribution in [-0.4, -0.2) is 31.9 Å². The second kappa shape index (κ2) is 16.4. The number of hydrogen-bond acceptors (Lipinski definition) is 6. The van der Waals surface area contributed by atoms with Crippen LogP contribution < -0.4 is 25.4 Å². The van der Waals surface area contributed by atoms with E-state index in [-0.39, 0.29) is 11.6 Å². The lowest BCUT2D eigenvalue weighted by atomic mass is 10.1. The van der Waals surface area contributed by atoms with Crippen molar-refractivity contribution in [2.24, 2.45) is 0 Å². The molecule has 0 fully saturated rings. The molecule has 3 N–H and O–H groups in total. The summed E-state index contributed by atoms with van der Waals surface area (Å²) in [4.78, 5) is 40.9. The highest BCUT2D eigenvalue weighted by Gasteiger charge is 2.24. The molecule has 5 aromatic carbocycles. The summed E-state index contributed by atoms with van der Waals surface area (Å²) >= 11 is 7.54. The first kappa shape index (κ1) is 33.8. The lowest BCUT2D eigenvalue weighted by molar-refractivity contribution is -0.116. The van der Waals surface area contributed by atoms with Crippen molar-refractivity contribution >= 4 is 58.5 Å². The maximum absolute atomic E-state index is 13.6. The third kappa shape index (κ3) is 9.06. The number of hydrogen-bond donors (Lipinski definition) is 3. The Morgan fingerprint density at radius 1 is 0.750 bits per heavy atom. The van der Waals surface area contributed by atoms with Crippen LogP contribution in [-0.2, 0) is 9.59 Å². The summed E-state index contributed by atoms with van der Waals surface area (Å²) in [6.07, 6.45) is 1.58. The Kier molecular flexibility index (Phi) is 11.5. The number of amides is 3. The average Bonchev–Trinajstić information content (AvgIpc) is 3.11. The van der Waals surface area contributed by atoms with Crippen LogP contribution in [0, 0.1) is 0 Å². The molecule has 0 heterocycles. The predicted molar refractivity (Wildman–Crippen MR) is 192 cm³/mol. The molecule has 0 saturated heterocycles. The first-order chi connectivity index (χ1) is 23.3. The zero-order valence-electron chi connectivity index (χ0n) is 26.1. The molecule has 0 spiro atoms. The summed E-state index contributed by atoms with van der Waals surface area (Å²) < 4.78 is 10.7. The SMILES string of the molecule is COc1cccc(/C=C(\NC(=O)c2ccccc2)C(=O)Nc2ccc(SC(C(=O)Nc3cc(Cl)ccc3OC)c3ccccc3)cc2)c1. The number of anilines is 2. The van der Waals surface area contributed by atoms with Crippen LogP contribution in [0.15, 0.2) is 138 Å². The van der Waals surface area contributed by atoms with E-state index in [4.69, 9.17) is 21.1 Å². The van der Waals surface area contributed by atoms with E-state index < -0.39 is 17.1 Å². The van der Waals surface area contributed by atoms with E-state index in [1.54, 1.807) is 92.0 Å². The Balaban J connectivity index is 1.34. The highest BCUT2D eigenvalue weighted by Crippen LogP contribution is 2.38. The molecule has 0 bridgehead atoms. The van der Waals surface area contributed by atoms with Gasteiger partial charge in [-0.2, -0.15) is 0 Å². The van der Waals surface area contributed by atoms with Crippen LogP contribution in [0.3, 0.4) is 0 Å². The highest BCUT2D eigenvalue weighted by molar-refractivity contribution is 8.00. The Hall–Kier alpha value is -5.51. The second-order valence-electron chi connectivity index (χ2n) is 10.4. The fraction of sp³-hybridized carbons (Fsp3) is 0.0789. The minimum absolute atomic E-state index is 0.0489. The number of rotatable bonds is 12. The van der Waals surface area contributed by atoms with Crippen molar-refractivity contribution in [2.45, 2.75) is 10.1 Å². The molecule has 242 valence electrons. The molecule has 48 heavy (non-hydrogen) atoms. The minimum atomic E-state index is -0.610. The largest absolute Gasteiger partial charge is 0.497 e. The summed E-state index contributed by atoms with van der Waals surface area (Å²) in [5, 5.41) is 8.41. The molecule has 0 aliphatic rings. The summed E-state index contributed by atoms with van der Waals surface area (Å²) in [5.41, 5.74) is 2.90. The van der Waals surface area contributed by atoms with Gasteiger partial charge in [0, 0.05) is 21.2 Å². The molecule has 0 aliphatic heterocycles. The Morgan fingerprint density at radius 2 is 1.46 bits per heavy atom. The van der Waals surface area contributed by atoms with Gasteiger partial charge in [-0.25, -0.2) is 0 Å². The van der Waals surface area contributed by atoms with Gasteiger partial charge in [0.15, 0.2) is 0 Å². The standard InChI is InChI=1S/C38H32ClN3O5S/c1-46-30-15-9-10-25(22-30)23-33(42-36(43)27-13-7-4-8-14-27)37(44)40-29-17-19-31(20-18-29)48-35(26-11-5-3-6-12-26)38(45)41-32-24-28(39)16-21-34(32)47-2/h3-24,35H,1-2H3,(H,40,44)(H,41,45)(H,42,43)/b33-23-. The van der Waals surface area contributed by atoms with Gasteiger partial charge in [0.25, 0.3) is 11.8 Å². The van der Waals surface area contributed by atoms with Gasteiger partial charge < -0.3 is 25.4 Å². The lowest BCUT2D eigenvalue weighted by Gasteiger charge is -2.19. The van der Waals surface area contributed by atoms with Crippen LogP contribution in [0.5, 0.6) is 11.5 Å². The fourth-order valence-corrected chi connectivity index (χ4v) is 5.87. The van der Waals surface area contributed by atoms with Gasteiger partial charge in [-0.15, -0.1) is 11.8 Å². The van der Waals surface area contributed by atoms with E-state index in [1.807, 2.05) is 48.5 Å². The third-order valence-electron chi connectivity index (χ3n) is 7.06. The molecular weight excluding hydrogens is 646 g/mol. The predicted octanol–water partition coefficient (Wildman–Crippen LogP) is 8.24. The minimum Gasteiger partial charge on any atom is -0.497 e. The highest BCUT2D eigenvalue weighted by atomic mass is 35.5. The molecule has 3 amide bonds. The molecule has 1 unspecified atom stereocenters. The number of thioether (sulfide) groups is 1. The van der Waals surface area contributed by atoms with Crippen molar-refractivity contribution in [1.82, 2.24) is 5.32 Å². The molecule has 0 radical (unpaired) electrons. The quantitative estimate of drug-likeness (QED) is 0.0908. The van der Waals surface area contributed by atoms with E-state index >= 15 is 0 Å². The second-order valence-corrected chi connectivity index (χ2v) is 12.0. The van der Waals surface area contributed by atoms with Gasteiger partial charge >= 0.3 is 0 Å². The number of halogens is 1. The fourth-order valence-electron chi connectivity index (χ4n) is 4.67. The number of nitrogens with one attached hydrogen (secondary N) is 3. The lowest BCUT2D eigenvalue weighted by Crippen LogP contribution is -2.30. The normalized spacial score (nSPS) is 11.6. The van der Waals surface area contributed by atoms with E-state index in [1.165, 1.54) is 18.9 Å². The van der Waals surface area contributed by atoms with Gasteiger partial charge in [0.1, 0.15) is 22.4 Å². The van der Waals surface area contributed by atoms with Gasteiger partial charge in [0.05, 0.1) is 19.9 Å². The average molecular weight is 678 g/mol. The van der Waals surface area contributed by atoms with Gasteiger partial charge in [0.2, 0.25) is 5.91 Å². The molecule has 0 aliphatic carbocycles. The maximum atomic E-state index is 13.6. The third-order valence-corrected chi connectivity index (χ3v) is 8.56. The Bertz CT molecular complexity index is 1920. The summed E-state index contributed by atoms with van der Waals surface area (Å²) in [5.74, 6) is -0.0954. The topological polar surface area (TPSA) is 106 Å². The van der Waals surface area contributed by atoms with Crippen molar-refractivity contribution in [3.8, 4) is 11.5 Å². The first-order valence-electron chi connectivity index (χ1n) is 14.8. The summed E-state index contributed by atoms with van der Waals surface area (Å²) in [6, 6.07) is 37.4. The van der Waals surface area contributed by atoms with Gasteiger partial charge in [-0.3, -0.25) is 14.4 Å². The zero-order chi connectivity index (χ0) is 33.9. The molecule has 0 aromatic heterocycles. The van der Waals surface area contributed by atoms with Crippen LogP contribution >= 0.6 is 23.4 Å². The number of carbonyl (C=O) groups excluding carboxylic acids is 3.